The fourth-order valence-electron chi connectivity index (χ4n) is 3.23. The molecular formula is C18H18O4. The monoisotopic (exact) mass is 298 g/mol. The average Bonchev–Trinajstić information content (AvgIpc) is 3.27. The van der Waals surface area contributed by atoms with Gasteiger partial charge in [0.15, 0.2) is 0 Å². The first-order valence-corrected chi connectivity index (χ1v) is 7.54. The van der Waals surface area contributed by atoms with Crippen LogP contribution in [-0.4, -0.2) is 26.4 Å². The summed E-state index contributed by atoms with van der Waals surface area (Å²) in [6.45, 7) is 2.04. The molecule has 4 nitrogen and oxygen atoms in total. The van der Waals surface area contributed by atoms with E-state index in [-0.39, 0.29) is 0 Å². The third-order valence-electron chi connectivity index (χ3n) is 4.13. The van der Waals surface area contributed by atoms with Crippen LogP contribution in [0.2, 0.25) is 0 Å². The highest BCUT2D eigenvalue weighted by atomic mass is 16.8. The van der Waals surface area contributed by atoms with Crippen LogP contribution >= 0.6 is 0 Å². The van der Waals surface area contributed by atoms with Crippen molar-refractivity contribution in [1.29, 1.82) is 0 Å². The second kappa shape index (κ2) is 5.48. The predicted octanol–water partition coefficient (Wildman–Crippen LogP) is 2.79. The van der Waals surface area contributed by atoms with Gasteiger partial charge >= 0.3 is 0 Å². The van der Waals surface area contributed by atoms with Crippen molar-refractivity contribution in [2.75, 3.05) is 26.4 Å². The summed E-state index contributed by atoms with van der Waals surface area (Å²) in [4.78, 5) is 0. The lowest BCUT2D eigenvalue weighted by atomic mass is 9.90. The van der Waals surface area contributed by atoms with Gasteiger partial charge in [0.1, 0.15) is 0 Å². The van der Waals surface area contributed by atoms with Crippen LogP contribution in [0.4, 0.5) is 0 Å². The van der Waals surface area contributed by atoms with E-state index in [1.807, 2.05) is 60.7 Å². The number of benzene rings is 2. The quantitative estimate of drug-likeness (QED) is 0.873. The lowest BCUT2D eigenvalue weighted by Crippen LogP contribution is -2.51. The Morgan fingerprint density at radius 1 is 0.500 bits per heavy atom. The summed E-state index contributed by atoms with van der Waals surface area (Å²) < 4.78 is 24.4. The smallest absolute Gasteiger partial charge is 0.256 e. The van der Waals surface area contributed by atoms with Gasteiger partial charge in [-0.3, -0.25) is 0 Å². The summed E-state index contributed by atoms with van der Waals surface area (Å²) >= 11 is 0. The summed E-state index contributed by atoms with van der Waals surface area (Å²) in [6.07, 6.45) is 0. The highest BCUT2D eigenvalue weighted by Gasteiger charge is 2.62. The van der Waals surface area contributed by atoms with E-state index in [1.54, 1.807) is 0 Å². The van der Waals surface area contributed by atoms with Gasteiger partial charge in [-0.05, 0) is 0 Å². The predicted molar refractivity (Wildman–Crippen MR) is 80.0 cm³/mol. The highest BCUT2D eigenvalue weighted by molar-refractivity contribution is 5.31. The molecule has 0 aliphatic carbocycles. The number of hydrogen-bond acceptors (Lipinski definition) is 4. The van der Waals surface area contributed by atoms with E-state index >= 15 is 0 Å². The zero-order valence-corrected chi connectivity index (χ0v) is 12.2. The average molecular weight is 298 g/mol. The number of hydrogen-bond donors (Lipinski definition) is 0. The van der Waals surface area contributed by atoms with E-state index in [1.165, 1.54) is 0 Å². The Bertz CT molecular complexity index is 557. The Hall–Kier alpha value is -1.72. The van der Waals surface area contributed by atoms with Crippen LogP contribution in [0.1, 0.15) is 11.1 Å². The molecule has 0 N–H and O–H groups in total. The van der Waals surface area contributed by atoms with Gasteiger partial charge in [0, 0.05) is 11.1 Å². The van der Waals surface area contributed by atoms with Gasteiger partial charge in [-0.1, -0.05) is 60.7 Å². The van der Waals surface area contributed by atoms with E-state index in [4.69, 9.17) is 18.9 Å². The molecule has 2 aliphatic rings. The van der Waals surface area contributed by atoms with Crippen LogP contribution in [-0.2, 0) is 30.5 Å². The molecule has 0 aromatic heterocycles. The summed E-state index contributed by atoms with van der Waals surface area (Å²) in [6, 6.07) is 19.8. The van der Waals surface area contributed by atoms with Crippen molar-refractivity contribution in [3.8, 4) is 0 Å². The van der Waals surface area contributed by atoms with Crippen molar-refractivity contribution in [2.45, 2.75) is 11.6 Å². The van der Waals surface area contributed by atoms with E-state index in [9.17, 15) is 0 Å². The molecule has 2 aromatic carbocycles. The van der Waals surface area contributed by atoms with Crippen molar-refractivity contribution < 1.29 is 18.9 Å². The Labute approximate surface area is 129 Å². The van der Waals surface area contributed by atoms with Crippen LogP contribution in [0, 0.1) is 0 Å². The van der Waals surface area contributed by atoms with Gasteiger partial charge in [-0.25, -0.2) is 0 Å². The molecule has 114 valence electrons. The maximum atomic E-state index is 6.10. The van der Waals surface area contributed by atoms with Crippen LogP contribution in [0.15, 0.2) is 60.7 Å². The summed E-state index contributed by atoms with van der Waals surface area (Å²) in [7, 11) is 0. The second-order valence-electron chi connectivity index (χ2n) is 5.36. The normalized spacial score (nSPS) is 22.7. The Kier molecular flexibility index (Phi) is 3.47. The molecule has 0 unspecified atom stereocenters. The molecule has 2 aromatic rings. The molecule has 0 amide bonds. The molecular weight excluding hydrogens is 280 g/mol. The van der Waals surface area contributed by atoms with Crippen molar-refractivity contribution >= 4 is 0 Å². The molecule has 2 fully saturated rings. The van der Waals surface area contributed by atoms with Gasteiger partial charge in [0.2, 0.25) is 0 Å². The van der Waals surface area contributed by atoms with Crippen molar-refractivity contribution in [3.63, 3.8) is 0 Å². The van der Waals surface area contributed by atoms with E-state index < -0.39 is 11.6 Å². The first-order chi connectivity index (χ1) is 10.9. The summed E-state index contributed by atoms with van der Waals surface area (Å²) in [5.74, 6) is -2.15. The Balaban J connectivity index is 1.90. The molecule has 4 rings (SSSR count). The van der Waals surface area contributed by atoms with Crippen molar-refractivity contribution in [1.82, 2.24) is 0 Å². The largest absolute Gasteiger partial charge is 0.339 e. The zero-order chi connectivity index (χ0) is 14.9. The van der Waals surface area contributed by atoms with E-state index in [2.05, 4.69) is 0 Å². The lowest BCUT2D eigenvalue weighted by molar-refractivity contribution is -0.365. The highest BCUT2D eigenvalue weighted by Crippen LogP contribution is 2.51. The third-order valence-corrected chi connectivity index (χ3v) is 4.13. The molecule has 22 heavy (non-hydrogen) atoms. The van der Waals surface area contributed by atoms with Crippen LogP contribution < -0.4 is 0 Å². The van der Waals surface area contributed by atoms with Crippen LogP contribution in [0.3, 0.4) is 0 Å². The van der Waals surface area contributed by atoms with Gasteiger partial charge in [-0.15, -0.1) is 0 Å². The maximum absolute atomic E-state index is 6.10. The number of ether oxygens (including phenoxy) is 4. The molecule has 0 bridgehead atoms. The third kappa shape index (κ3) is 1.92. The minimum Gasteiger partial charge on any atom is -0.339 e. The Morgan fingerprint density at radius 2 is 0.818 bits per heavy atom. The molecule has 4 heteroatoms. The number of rotatable bonds is 3. The van der Waals surface area contributed by atoms with Gasteiger partial charge < -0.3 is 18.9 Å². The van der Waals surface area contributed by atoms with Gasteiger partial charge in [0.05, 0.1) is 26.4 Å². The Morgan fingerprint density at radius 3 is 1.14 bits per heavy atom. The summed E-state index contributed by atoms with van der Waals surface area (Å²) in [5, 5.41) is 0. The molecule has 0 radical (unpaired) electrons. The molecule has 0 atom stereocenters. The van der Waals surface area contributed by atoms with Gasteiger partial charge in [-0.2, -0.15) is 0 Å². The standard InChI is InChI=1S/C18H18O4/c1-3-7-15(8-4-1)17(19-11-12-20-17)18(21-13-14-22-18)16-9-5-2-6-10-16/h1-10H,11-14H2. The molecule has 2 heterocycles. The fourth-order valence-corrected chi connectivity index (χ4v) is 3.23. The minimum atomic E-state index is -1.08. The first kappa shape index (κ1) is 13.9. The first-order valence-electron chi connectivity index (χ1n) is 7.54. The van der Waals surface area contributed by atoms with E-state index in [0.717, 1.165) is 11.1 Å². The van der Waals surface area contributed by atoms with Gasteiger partial charge in [0.25, 0.3) is 11.6 Å². The van der Waals surface area contributed by atoms with Crippen molar-refractivity contribution in [2.24, 2.45) is 0 Å². The lowest BCUT2D eigenvalue weighted by Gasteiger charge is -2.42. The molecule has 0 spiro atoms. The van der Waals surface area contributed by atoms with Crippen LogP contribution in [0.5, 0.6) is 0 Å². The minimum absolute atomic E-state index is 0.510. The maximum Gasteiger partial charge on any atom is 0.256 e. The fraction of sp³-hybridized carbons (Fsp3) is 0.333. The molecule has 2 saturated heterocycles. The second-order valence-corrected chi connectivity index (χ2v) is 5.36. The summed E-state index contributed by atoms with van der Waals surface area (Å²) in [5.41, 5.74) is 1.80. The van der Waals surface area contributed by atoms with Crippen LogP contribution in [0.25, 0.3) is 0 Å². The SMILES string of the molecule is c1ccc(C2(C3(c4ccccc4)OCCO3)OCCO2)cc1. The van der Waals surface area contributed by atoms with E-state index in [0.29, 0.717) is 26.4 Å². The van der Waals surface area contributed by atoms with Crippen molar-refractivity contribution in [3.05, 3.63) is 71.8 Å². The zero-order valence-electron chi connectivity index (χ0n) is 12.2. The topological polar surface area (TPSA) is 36.9 Å². The molecule has 0 saturated carbocycles. The molecule has 2 aliphatic heterocycles.